The molecular formula is C29H20F5NO6. The molecule has 0 fully saturated rings. The number of allylic oxidation sites excluding steroid dienone is 1. The molecule has 1 atom stereocenters. The van der Waals surface area contributed by atoms with E-state index in [1.807, 2.05) is 36.0 Å². The lowest BCUT2D eigenvalue weighted by atomic mass is 10.1. The van der Waals surface area contributed by atoms with Crippen LogP contribution in [0.1, 0.15) is 28.4 Å². The topological polar surface area (TPSA) is 76.0 Å². The molecule has 1 aliphatic rings. The maximum absolute atomic E-state index is 14.0. The molecule has 1 aromatic heterocycles. The number of aromatic nitrogens is 1. The van der Waals surface area contributed by atoms with Crippen LogP contribution in [-0.2, 0) is 11.8 Å². The van der Waals surface area contributed by atoms with E-state index in [9.17, 15) is 31.5 Å². The Morgan fingerprint density at radius 3 is 2.32 bits per heavy atom. The van der Waals surface area contributed by atoms with Crippen molar-refractivity contribution in [2.45, 2.75) is 20.0 Å². The summed E-state index contributed by atoms with van der Waals surface area (Å²) in [7, 11) is 3.39. The summed E-state index contributed by atoms with van der Waals surface area (Å²) >= 11 is 0. The van der Waals surface area contributed by atoms with Crippen LogP contribution in [0, 0.1) is 36.0 Å². The quantitative estimate of drug-likeness (QED) is 0.0685. The van der Waals surface area contributed by atoms with E-state index in [0.717, 1.165) is 17.8 Å². The Morgan fingerprint density at radius 2 is 1.66 bits per heavy atom. The number of carbonyl (C=O) groups excluding carboxylic acids is 2. The summed E-state index contributed by atoms with van der Waals surface area (Å²) in [5.74, 6) is -13.8. The van der Waals surface area contributed by atoms with Gasteiger partial charge < -0.3 is 23.5 Å². The van der Waals surface area contributed by atoms with Gasteiger partial charge in [-0.1, -0.05) is 0 Å². The van der Waals surface area contributed by atoms with Crippen LogP contribution < -0.4 is 18.9 Å². The molecule has 0 saturated carbocycles. The first-order valence-electron chi connectivity index (χ1n) is 12.0. The monoisotopic (exact) mass is 573 g/mol. The highest BCUT2D eigenvalue weighted by Gasteiger charge is 2.33. The predicted molar refractivity (Wildman–Crippen MR) is 136 cm³/mol. The Morgan fingerprint density at radius 1 is 1.00 bits per heavy atom. The summed E-state index contributed by atoms with van der Waals surface area (Å²) < 4.78 is 91.2. The van der Waals surface area contributed by atoms with Crippen molar-refractivity contribution in [1.82, 2.24) is 4.57 Å². The summed E-state index contributed by atoms with van der Waals surface area (Å²) in [6.07, 6.45) is 1.62. The second-order valence-corrected chi connectivity index (χ2v) is 9.16. The number of hydrogen-bond donors (Lipinski definition) is 0. The SMILES string of the molecule is COc1ccc2c(c1)c(/C=C1\Oc3c(ccc(OC(=O)C(C)Oc4c(F)c(F)c(F)c(F)c4F)c3C)C1=O)cn2C. The largest absolute Gasteiger partial charge is 0.497 e. The molecular weight excluding hydrogens is 553 g/mol. The van der Waals surface area contributed by atoms with Gasteiger partial charge in [-0.25, -0.2) is 18.0 Å². The van der Waals surface area contributed by atoms with Crippen LogP contribution in [0.25, 0.3) is 17.0 Å². The highest BCUT2D eigenvalue weighted by Crippen LogP contribution is 2.40. The number of esters is 1. The van der Waals surface area contributed by atoms with Crippen LogP contribution in [0.15, 0.2) is 42.3 Å². The number of rotatable bonds is 6. The number of carbonyl (C=O) groups is 2. The van der Waals surface area contributed by atoms with E-state index in [2.05, 4.69) is 0 Å². The van der Waals surface area contributed by atoms with Crippen LogP contribution in [-0.4, -0.2) is 29.5 Å². The van der Waals surface area contributed by atoms with E-state index >= 15 is 0 Å². The van der Waals surface area contributed by atoms with Gasteiger partial charge in [-0.3, -0.25) is 4.79 Å². The van der Waals surface area contributed by atoms with Crippen LogP contribution in [0.3, 0.4) is 0 Å². The summed E-state index contributed by atoms with van der Waals surface area (Å²) in [5.41, 5.74) is 2.04. The Kier molecular flexibility index (Phi) is 6.93. The molecule has 12 heteroatoms. The molecule has 0 spiro atoms. The average Bonchev–Trinajstić information content (AvgIpc) is 3.45. The van der Waals surface area contributed by atoms with Crippen molar-refractivity contribution in [3.63, 3.8) is 0 Å². The minimum atomic E-state index is -2.36. The number of fused-ring (bicyclic) bond motifs is 2. The highest BCUT2D eigenvalue weighted by atomic mass is 19.2. The normalized spacial score (nSPS) is 14.3. The number of halogens is 5. The maximum atomic E-state index is 14.0. The number of Topliss-reactive ketones (excluding diaryl/α,β-unsaturated/α-hetero) is 1. The van der Waals surface area contributed by atoms with Gasteiger partial charge in [-0.15, -0.1) is 0 Å². The fourth-order valence-electron chi connectivity index (χ4n) is 4.37. The molecule has 41 heavy (non-hydrogen) atoms. The Hall–Kier alpha value is -4.87. The summed E-state index contributed by atoms with van der Waals surface area (Å²) in [5, 5.41) is 0.820. The fourth-order valence-corrected chi connectivity index (χ4v) is 4.37. The van der Waals surface area contributed by atoms with Gasteiger partial charge in [0.05, 0.1) is 12.7 Å². The zero-order valence-corrected chi connectivity index (χ0v) is 21.9. The zero-order chi connectivity index (χ0) is 29.7. The van der Waals surface area contributed by atoms with Gasteiger partial charge in [0.1, 0.15) is 17.2 Å². The second-order valence-electron chi connectivity index (χ2n) is 9.16. The molecule has 1 aliphatic heterocycles. The smallest absolute Gasteiger partial charge is 0.352 e. The van der Waals surface area contributed by atoms with Crippen molar-refractivity contribution in [3.8, 4) is 23.0 Å². The van der Waals surface area contributed by atoms with Crippen molar-refractivity contribution < 1.29 is 50.5 Å². The lowest BCUT2D eigenvalue weighted by molar-refractivity contribution is -0.141. The molecule has 2 heterocycles. The second kappa shape index (κ2) is 10.3. The fraction of sp³-hybridized carbons (Fsp3) is 0.172. The Bertz CT molecular complexity index is 1770. The van der Waals surface area contributed by atoms with E-state index in [1.165, 1.54) is 19.1 Å². The number of hydrogen-bond acceptors (Lipinski definition) is 6. The number of nitrogens with zero attached hydrogens (tertiary/aromatic N) is 1. The number of benzene rings is 3. The molecule has 4 aromatic rings. The van der Waals surface area contributed by atoms with Gasteiger partial charge in [0.2, 0.25) is 34.9 Å². The molecule has 0 N–H and O–H groups in total. The molecule has 0 aliphatic carbocycles. The first-order chi connectivity index (χ1) is 19.4. The van der Waals surface area contributed by atoms with Gasteiger partial charge >= 0.3 is 5.97 Å². The number of aryl methyl sites for hydroxylation is 1. The first-order valence-corrected chi connectivity index (χ1v) is 12.0. The highest BCUT2D eigenvalue weighted by molar-refractivity contribution is 6.15. The molecule has 7 nitrogen and oxygen atoms in total. The Labute approximate surface area is 229 Å². The van der Waals surface area contributed by atoms with E-state index in [1.54, 1.807) is 13.2 Å². The molecule has 5 rings (SSSR count). The van der Waals surface area contributed by atoms with Crippen LogP contribution >= 0.6 is 0 Å². The van der Waals surface area contributed by atoms with Crippen LogP contribution in [0.5, 0.6) is 23.0 Å². The van der Waals surface area contributed by atoms with Gasteiger partial charge in [0, 0.05) is 35.3 Å². The van der Waals surface area contributed by atoms with Gasteiger partial charge in [-0.05, 0) is 50.3 Å². The minimum Gasteiger partial charge on any atom is -0.497 e. The third-order valence-corrected chi connectivity index (χ3v) is 6.56. The summed E-state index contributed by atoms with van der Waals surface area (Å²) in [4.78, 5) is 25.7. The van der Waals surface area contributed by atoms with Crippen molar-refractivity contribution in [2.24, 2.45) is 7.05 Å². The lowest BCUT2D eigenvalue weighted by Gasteiger charge is -2.16. The van der Waals surface area contributed by atoms with Crippen LogP contribution in [0.4, 0.5) is 22.0 Å². The molecule has 3 aromatic carbocycles. The molecule has 212 valence electrons. The molecule has 0 radical (unpaired) electrons. The first kappa shape index (κ1) is 27.7. The van der Waals surface area contributed by atoms with Crippen molar-refractivity contribution in [3.05, 3.63) is 88.1 Å². The van der Waals surface area contributed by atoms with Crippen molar-refractivity contribution >= 4 is 28.7 Å². The maximum Gasteiger partial charge on any atom is 0.352 e. The molecule has 0 amide bonds. The number of methoxy groups -OCH3 is 1. The summed E-state index contributed by atoms with van der Waals surface area (Å²) in [6, 6.07) is 8.20. The van der Waals surface area contributed by atoms with Crippen molar-refractivity contribution in [1.29, 1.82) is 0 Å². The minimum absolute atomic E-state index is 0.0184. The van der Waals surface area contributed by atoms with E-state index in [0.29, 0.717) is 11.3 Å². The predicted octanol–water partition coefficient (Wildman–Crippen LogP) is 6.18. The van der Waals surface area contributed by atoms with Crippen LogP contribution in [0.2, 0.25) is 0 Å². The third kappa shape index (κ3) is 4.64. The lowest BCUT2D eigenvalue weighted by Crippen LogP contribution is -2.29. The zero-order valence-electron chi connectivity index (χ0n) is 21.9. The van der Waals surface area contributed by atoms with Gasteiger partial charge in [-0.2, -0.15) is 8.78 Å². The van der Waals surface area contributed by atoms with E-state index in [-0.39, 0.29) is 28.4 Å². The summed E-state index contributed by atoms with van der Waals surface area (Å²) in [6.45, 7) is 2.51. The van der Waals surface area contributed by atoms with E-state index in [4.69, 9.17) is 18.9 Å². The molecule has 0 bridgehead atoms. The average molecular weight is 573 g/mol. The van der Waals surface area contributed by atoms with E-state index < -0.39 is 52.7 Å². The van der Waals surface area contributed by atoms with Crippen molar-refractivity contribution in [2.75, 3.05) is 7.11 Å². The third-order valence-electron chi connectivity index (χ3n) is 6.56. The molecule has 0 saturated heterocycles. The van der Waals surface area contributed by atoms with Gasteiger partial charge in [0.25, 0.3) is 0 Å². The molecule has 1 unspecified atom stereocenters. The standard InChI is InChI=1S/C29H20F5NO6/c1-12-19(41-29(37)13(2)39-28-24(33)22(31)21(30)23(32)25(28)34)8-6-16-26(36)20(40-27(12)16)9-14-11-35(3)18-7-5-15(38-4)10-17(14)18/h5-11,13H,1-4H3/b20-9-. The number of ketones is 1. The van der Waals surface area contributed by atoms with Gasteiger partial charge in [0.15, 0.2) is 17.6 Å². The number of ether oxygens (including phenoxy) is 4. The Balaban J connectivity index is 1.39.